The molecule has 0 radical (unpaired) electrons. The van der Waals surface area contributed by atoms with Crippen molar-refractivity contribution in [2.75, 3.05) is 0 Å². The first-order valence-electron chi connectivity index (χ1n) is 7.76. The number of carbonyl (C=O) groups excluding carboxylic acids is 1. The third kappa shape index (κ3) is 2.14. The smallest absolute Gasteiger partial charge is 0.302 e. The molecule has 2 aliphatic rings. The standard InChI is InChI=1S/C18H24O3/c1-12(19)21-16-7-9-17(2,3)15-6-5-14(18(15,16)4)13-8-10-20-11-13/h5,8,10-11,15-16H,6-7,9H2,1-4H3/t15-,16-,18-/m0/s1. The number of carbonyl (C=O) groups is 1. The van der Waals surface area contributed by atoms with E-state index >= 15 is 0 Å². The zero-order chi connectivity index (χ0) is 15.3. The van der Waals surface area contributed by atoms with Crippen LogP contribution in [0.4, 0.5) is 0 Å². The van der Waals surface area contributed by atoms with E-state index in [0.29, 0.717) is 5.92 Å². The van der Waals surface area contributed by atoms with Crippen LogP contribution in [0, 0.1) is 16.7 Å². The molecule has 0 saturated heterocycles. The molecule has 3 atom stereocenters. The Labute approximate surface area is 126 Å². The van der Waals surface area contributed by atoms with Crippen LogP contribution in [0.15, 0.2) is 29.1 Å². The zero-order valence-corrected chi connectivity index (χ0v) is 13.3. The molecule has 21 heavy (non-hydrogen) atoms. The molecule has 1 aromatic heterocycles. The van der Waals surface area contributed by atoms with Crippen LogP contribution >= 0.6 is 0 Å². The topological polar surface area (TPSA) is 39.4 Å². The van der Waals surface area contributed by atoms with Gasteiger partial charge < -0.3 is 9.15 Å². The van der Waals surface area contributed by atoms with Crippen molar-refractivity contribution in [2.24, 2.45) is 16.7 Å². The van der Waals surface area contributed by atoms with Crippen LogP contribution in [0.1, 0.15) is 52.5 Å². The van der Waals surface area contributed by atoms with E-state index in [1.54, 1.807) is 12.5 Å². The van der Waals surface area contributed by atoms with Crippen molar-refractivity contribution in [3.63, 3.8) is 0 Å². The van der Waals surface area contributed by atoms with Crippen LogP contribution in [0.3, 0.4) is 0 Å². The molecular weight excluding hydrogens is 264 g/mol. The molecule has 3 nitrogen and oxygen atoms in total. The van der Waals surface area contributed by atoms with Crippen molar-refractivity contribution < 1.29 is 13.9 Å². The summed E-state index contributed by atoms with van der Waals surface area (Å²) in [5.41, 5.74) is 2.53. The lowest BCUT2D eigenvalue weighted by molar-refractivity contribution is -0.160. The largest absolute Gasteiger partial charge is 0.472 e. The molecule has 1 fully saturated rings. The highest BCUT2D eigenvalue weighted by molar-refractivity contribution is 5.74. The van der Waals surface area contributed by atoms with Crippen molar-refractivity contribution in [3.05, 3.63) is 30.2 Å². The number of furan rings is 1. The fraction of sp³-hybridized carbons (Fsp3) is 0.611. The summed E-state index contributed by atoms with van der Waals surface area (Å²) in [7, 11) is 0. The summed E-state index contributed by atoms with van der Waals surface area (Å²) in [6, 6.07) is 2.01. The average Bonchev–Trinajstić information content (AvgIpc) is 3.00. The lowest BCUT2D eigenvalue weighted by Crippen LogP contribution is -2.50. The maximum Gasteiger partial charge on any atom is 0.302 e. The molecular formula is C18H24O3. The molecule has 0 spiro atoms. The first kappa shape index (κ1) is 14.4. The Morgan fingerprint density at radius 3 is 2.76 bits per heavy atom. The first-order chi connectivity index (χ1) is 9.85. The summed E-state index contributed by atoms with van der Waals surface area (Å²) in [6.07, 6.45) is 8.85. The number of esters is 1. The minimum absolute atomic E-state index is 0.0447. The van der Waals surface area contributed by atoms with E-state index in [-0.39, 0.29) is 22.9 Å². The molecule has 0 aliphatic heterocycles. The second-order valence-corrected chi connectivity index (χ2v) is 7.33. The van der Waals surface area contributed by atoms with E-state index in [0.717, 1.165) is 24.8 Å². The third-order valence-electron chi connectivity index (χ3n) is 5.67. The van der Waals surface area contributed by atoms with Gasteiger partial charge in [0.2, 0.25) is 0 Å². The van der Waals surface area contributed by atoms with Gasteiger partial charge in [0, 0.05) is 17.9 Å². The molecule has 0 unspecified atom stereocenters. The van der Waals surface area contributed by atoms with Gasteiger partial charge in [0.25, 0.3) is 0 Å². The summed E-state index contributed by atoms with van der Waals surface area (Å²) in [5, 5.41) is 0. The van der Waals surface area contributed by atoms with Crippen LogP contribution in [-0.2, 0) is 9.53 Å². The number of hydrogen-bond donors (Lipinski definition) is 0. The summed E-state index contributed by atoms with van der Waals surface area (Å²) < 4.78 is 11.0. The van der Waals surface area contributed by atoms with Crippen LogP contribution in [-0.4, -0.2) is 12.1 Å². The van der Waals surface area contributed by atoms with Crippen molar-refractivity contribution in [1.82, 2.24) is 0 Å². The number of hydrogen-bond acceptors (Lipinski definition) is 3. The number of rotatable bonds is 2. The van der Waals surface area contributed by atoms with E-state index in [2.05, 4.69) is 26.8 Å². The lowest BCUT2D eigenvalue weighted by Gasteiger charge is -2.52. The predicted octanol–water partition coefficient (Wildman–Crippen LogP) is 4.44. The van der Waals surface area contributed by atoms with Gasteiger partial charge in [0.05, 0.1) is 12.5 Å². The normalized spacial score (nSPS) is 34.2. The van der Waals surface area contributed by atoms with Gasteiger partial charge in [-0.05, 0) is 42.2 Å². The fourth-order valence-corrected chi connectivity index (χ4v) is 4.62. The van der Waals surface area contributed by atoms with Crippen molar-refractivity contribution in [2.45, 2.75) is 53.1 Å². The molecule has 1 aromatic rings. The summed E-state index contributed by atoms with van der Waals surface area (Å²) in [6.45, 7) is 8.45. The third-order valence-corrected chi connectivity index (χ3v) is 5.67. The molecule has 1 heterocycles. The average molecular weight is 288 g/mol. The molecule has 114 valence electrons. The van der Waals surface area contributed by atoms with E-state index in [9.17, 15) is 4.79 Å². The second kappa shape index (κ2) is 4.75. The molecule has 0 amide bonds. The zero-order valence-electron chi connectivity index (χ0n) is 13.3. The van der Waals surface area contributed by atoms with Gasteiger partial charge in [-0.15, -0.1) is 0 Å². The maximum absolute atomic E-state index is 11.5. The van der Waals surface area contributed by atoms with Crippen LogP contribution in [0.5, 0.6) is 0 Å². The van der Waals surface area contributed by atoms with Gasteiger partial charge >= 0.3 is 5.97 Å². The van der Waals surface area contributed by atoms with Gasteiger partial charge in [-0.25, -0.2) is 0 Å². The van der Waals surface area contributed by atoms with Crippen LogP contribution < -0.4 is 0 Å². The molecule has 0 bridgehead atoms. The minimum Gasteiger partial charge on any atom is -0.472 e. The number of allylic oxidation sites excluding steroid dienone is 1. The Hall–Kier alpha value is -1.51. The highest BCUT2D eigenvalue weighted by Gasteiger charge is 2.57. The van der Waals surface area contributed by atoms with Gasteiger partial charge in [0.15, 0.2) is 0 Å². The van der Waals surface area contributed by atoms with E-state index in [4.69, 9.17) is 9.15 Å². The summed E-state index contributed by atoms with van der Waals surface area (Å²) in [4.78, 5) is 11.5. The molecule has 3 heteroatoms. The Morgan fingerprint density at radius 2 is 2.14 bits per heavy atom. The Bertz CT molecular complexity index is 567. The molecule has 2 aliphatic carbocycles. The quantitative estimate of drug-likeness (QED) is 0.755. The number of fused-ring (bicyclic) bond motifs is 1. The van der Waals surface area contributed by atoms with E-state index in [1.165, 1.54) is 12.5 Å². The Kier molecular flexibility index (Phi) is 3.27. The van der Waals surface area contributed by atoms with Crippen molar-refractivity contribution in [3.8, 4) is 0 Å². The first-order valence-corrected chi connectivity index (χ1v) is 7.76. The summed E-state index contributed by atoms with van der Waals surface area (Å²) >= 11 is 0. The molecule has 1 saturated carbocycles. The fourth-order valence-electron chi connectivity index (χ4n) is 4.62. The Balaban J connectivity index is 2.03. The van der Waals surface area contributed by atoms with Gasteiger partial charge in [-0.1, -0.05) is 26.8 Å². The van der Waals surface area contributed by atoms with E-state index < -0.39 is 0 Å². The number of ether oxygens (including phenoxy) is 1. The van der Waals surface area contributed by atoms with Crippen LogP contribution in [0.25, 0.3) is 5.57 Å². The van der Waals surface area contributed by atoms with Crippen molar-refractivity contribution in [1.29, 1.82) is 0 Å². The van der Waals surface area contributed by atoms with Gasteiger partial charge in [-0.3, -0.25) is 4.79 Å². The van der Waals surface area contributed by atoms with E-state index in [1.807, 2.05) is 6.07 Å². The Morgan fingerprint density at radius 1 is 1.38 bits per heavy atom. The summed E-state index contributed by atoms with van der Waals surface area (Å²) in [5.74, 6) is 0.311. The maximum atomic E-state index is 11.5. The van der Waals surface area contributed by atoms with Gasteiger partial charge in [-0.2, -0.15) is 0 Å². The molecule has 0 aromatic carbocycles. The lowest BCUT2D eigenvalue weighted by atomic mass is 9.54. The van der Waals surface area contributed by atoms with Crippen LogP contribution in [0.2, 0.25) is 0 Å². The predicted molar refractivity (Wildman–Crippen MR) is 81.5 cm³/mol. The SMILES string of the molecule is CC(=O)O[C@H]1CCC(C)(C)[C@@H]2CC=C(c3ccoc3)[C@]12C. The second-order valence-electron chi connectivity index (χ2n) is 7.33. The highest BCUT2D eigenvalue weighted by atomic mass is 16.5. The monoisotopic (exact) mass is 288 g/mol. The van der Waals surface area contributed by atoms with Gasteiger partial charge in [0.1, 0.15) is 6.10 Å². The minimum atomic E-state index is -0.182. The highest BCUT2D eigenvalue weighted by Crippen LogP contribution is 2.62. The molecule has 0 N–H and O–H groups in total. The van der Waals surface area contributed by atoms with Crippen molar-refractivity contribution >= 4 is 11.5 Å². The molecule has 3 rings (SSSR count).